The van der Waals surface area contributed by atoms with Gasteiger partial charge in [0.05, 0.1) is 12.4 Å². The highest BCUT2D eigenvalue weighted by molar-refractivity contribution is 7.89. The number of nitrogen functional groups attached to an aromatic ring is 1. The van der Waals surface area contributed by atoms with E-state index in [1.54, 1.807) is 0 Å². The van der Waals surface area contributed by atoms with Gasteiger partial charge in [-0.15, -0.1) is 0 Å². The predicted molar refractivity (Wildman–Crippen MR) is 64.9 cm³/mol. The Bertz CT molecular complexity index is 517. The van der Waals surface area contributed by atoms with Crippen LogP contribution in [0.3, 0.4) is 0 Å². The Morgan fingerprint density at radius 3 is 2.30 bits per heavy atom. The van der Waals surface area contributed by atoms with Gasteiger partial charge in [-0.1, -0.05) is 0 Å². The molecule has 4 N–H and O–H groups in total. The molecule has 0 aliphatic heterocycles. The number of nitrogens with one attached hydrogen (secondary N) is 2. The second-order valence-corrected chi connectivity index (χ2v) is 5.62. The molecule has 0 aliphatic carbocycles. The third-order valence-electron chi connectivity index (χ3n) is 2.25. The van der Waals surface area contributed by atoms with Crippen molar-refractivity contribution in [2.24, 2.45) is 5.84 Å². The molecule has 7 nitrogen and oxygen atoms in total. The molecule has 0 spiro atoms. The molecule has 0 aliphatic rings. The average Bonchev–Trinajstić information content (AvgIpc) is 2.37. The van der Waals surface area contributed by atoms with Crippen molar-refractivity contribution in [1.29, 1.82) is 0 Å². The molecule has 20 heavy (non-hydrogen) atoms. The fraction of sp³-hybridized carbons (Fsp3) is 0.556. The predicted octanol–water partition coefficient (Wildman–Crippen LogP) is 0.773. The molecule has 0 saturated heterocycles. The summed E-state index contributed by atoms with van der Waals surface area (Å²) in [5, 5.41) is 0. The third-order valence-corrected chi connectivity index (χ3v) is 3.66. The lowest BCUT2D eigenvalue weighted by atomic mass is 10.2. The zero-order chi connectivity index (χ0) is 15.2. The lowest BCUT2D eigenvalue weighted by Crippen LogP contribution is -2.25. The molecule has 114 valence electrons. The molecule has 0 radical (unpaired) electrons. The van der Waals surface area contributed by atoms with Crippen LogP contribution >= 0.6 is 0 Å². The lowest BCUT2D eigenvalue weighted by Gasteiger charge is -2.08. The highest BCUT2D eigenvalue weighted by atomic mass is 32.2. The maximum atomic E-state index is 11.9. The average molecular weight is 313 g/mol. The summed E-state index contributed by atoms with van der Waals surface area (Å²) in [4.78, 5) is 7.06. The Balaban J connectivity index is 2.45. The summed E-state index contributed by atoms with van der Waals surface area (Å²) in [7, 11) is -3.83. The quantitative estimate of drug-likeness (QED) is 0.390. The van der Waals surface area contributed by atoms with Crippen LogP contribution in [0.15, 0.2) is 17.3 Å². The Morgan fingerprint density at radius 2 is 1.80 bits per heavy atom. The van der Waals surface area contributed by atoms with E-state index in [-0.39, 0.29) is 30.2 Å². The summed E-state index contributed by atoms with van der Waals surface area (Å²) >= 11 is 0. The summed E-state index contributed by atoms with van der Waals surface area (Å²) in [6.45, 7) is -0.0880. The number of hydrazine groups is 1. The van der Waals surface area contributed by atoms with Crippen LogP contribution in [-0.2, 0) is 10.0 Å². The van der Waals surface area contributed by atoms with Crippen molar-refractivity contribution < 1.29 is 21.6 Å². The van der Waals surface area contributed by atoms with Crippen molar-refractivity contribution in [3.8, 4) is 0 Å². The Labute approximate surface area is 113 Å². The first-order chi connectivity index (χ1) is 9.24. The van der Waals surface area contributed by atoms with Gasteiger partial charge in [0.1, 0.15) is 4.90 Å². The minimum absolute atomic E-state index is 0.0501. The van der Waals surface area contributed by atoms with Crippen LogP contribution in [0.2, 0.25) is 0 Å². The fourth-order valence-corrected chi connectivity index (χ4v) is 2.23. The van der Waals surface area contributed by atoms with E-state index in [0.29, 0.717) is 0 Å². The van der Waals surface area contributed by atoms with Gasteiger partial charge in [0.25, 0.3) is 0 Å². The van der Waals surface area contributed by atoms with Gasteiger partial charge in [0.2, 0.25) is 16.0 Å². The molecule has 0 atom stereocenters. The first kappa shape index (κ1) is 16.6. The molecule has 0 saturated carbocycles. The van der Waals surface area contributed by atoms with E-state index in [1.807, 2.05) is 0 Å². The van der Waals surface area contributed by atoms with Crippen LogP contribution in [0.5, 0.6) is 0 Å². The number of nitrogens with two attached hydrogens (primary N) is 1. The summed E-state index contributed by atoms with van der Waals surface area (Å²) in [5.74, 6) is 5.08. The summed E-state index contributed by atoms with van der Waals surface area (Å²) in [6.07, 6.45) is -3.13. The van der Waals surface area contributed by atoms with Crippen molar-refractivity contribution in [2.45, 2.75) is 30.3 Å². The fourth-order valence-electron chi connectivity index (χ4n) is 1.27. The number of unbranched alkanes of at least 4 members (excludes halogenated alkanes) is 1. The molecular weight excluding hydrogens is 299 g/mol. The minimum atomic E-state index is -4.22. The Kier molecular flexibility index (Phi) is 5.65. The molecule has 1 aromatic rings. The van der Waals surface area contributed by atoms with E-state index < -0.39 is 22.6 Å². The monoisotopic (exact) mass is 313 g/mol. The normalized spacial score (nSPS) is 12.4. The molecule has 0 fully saturated rings. The first-order valence-corrected chi connectivity index (χ1v) is 7.08. The molecule has 0 amide bonds. The third kappa shape index (κ3) is 5.67. The van der Waals surface area contributed by atoms with E-state index in [2.05, 4.69) is 20.1 Å². The maximum Gasteiger partial charge on any atom is 0.389 e. The Hall–Kier alpha value is -1.46. The topological polar surface area (TPSA) is 110 Å². The molecule has 1 aromatic heterocycles. The van der Waals surface area contributed by atoms with Gasteiger partial charge in [0, 0.05) is 13.0 Å². The van der Waals surface area contributed by atoms with Crippen molar-refractivity contribution in [1.82, 2.24) is 14.7 Å². The van der Waals surface area contributed by atoms with Crippen LogP contribution in [-0.4, -0.2) is 31.1 Å². The second-order valence-electron chi connectivity index (χ2n) is 3.86. The zero-order valence-corrected chi connectivity index (χ0v) is 11.1. The largest absolute Gasteiger partial charge is 0.389 e. The summed E-state index contributed by atoms with van der Waals surface area (Å²) in [5.41, 5.74) is 2.14. The maximum absolute atomic E-state index is 11.9. The van der Waals surface area contributed by atoms with Gasteiger partial charge in [0.15, 0.2) is 0 Å². The SMILES string of the molecule is NNc1ncc(S(=O)(=O)NCCCCC(F)(F)F)cn1. The van der Waals surface area contributed by atoms with Gasteiger partial charge < -0.3 is 0 Å². The number of hydrogen-bond donors (Lipinski definition) is 3. The van der Waals surface area contributed by atoms with E-state index >= 15 is 0 Å². The number of aromatic nitrogens is 2. The van der Waals surface area contributed by atoms with Gasteiger partial charge in [-0.05, 0) is 12.8 Å². The van der Waals surface area contributed by atoms with Crippen molar-refractivity contribution in [2.75, 3.05) is 12.0 Å². The lowest BCUT2D eigenvalue weighted by molar-refractivity contribution is -0.135. The molecular formula is C9H14F3N5O2S. The van der Waals surface area contributed by atoms with Crippen LogP contribution in [0, 0.1) is 0 Å². The zero-order valence-electron chi connectivity index (χ0n) is 10.3. The number of hydrogen-bond acceptors (Lipinski definition) is 6. The van der Waals surface area contributed by atoms with E-state index in [1.165, 1.54) is 0 Å². The van der Waals surface area contributed by atoms with E-state index in [9.17, 15) is 21.6 Å². The summed E-state index contributed by atoms with van der Waals surface area (Å²) < 4.78 is 61.3. The van der Waals surface area contributed by atoms with Gasteiger partial charge in [-0.25, -0.2) is 29.0 Å². The van der Waals surface area contributed by atoms with Crippen LogP contribution in [0.25, 0.3) is 0 Å². The number of rotatable bonds is 7. The number of halogens is 3. The number of sulfonamides is 1. The van der Waals surface area contributed by atoms with Crippen molar-refractivity contribution in [3.05, 3.63) is 12.4 Å². The minimum Gasteiger partial charge on any atom is -0.292 e. The van der Waals surface area contributed by atoms with Gasteiger partial charge in [-0.3, -0.25) is 5.43 Å². The number of nitrogens with zero attached hydrogens (tertiary/aromatic N) is 2. The molecule has 0 aromatic carbocycles. The van der Waals surface area contributed by atoms with Crippen LogP contribution < -0.4 is 16.0 Å². The molecule has 0 bridgehead atoms. The second kappa shape index (κ2) is 6.81. The Morgan fingerprint density at radius 1 is 1.20 bits per heavy atom. The highest BCUT2D eigenvalue weighted by Crippen LogP contribution is 2.21. The molecule has 0 unspecified atom stereocenters. The smallest absolute Gasteiger partial charge is 0.292 e. The standard InChI is InChI=1S/C9H14F3N5O2S/c10-9(11,12)3-1-2-4-16-20(18,19)7-5-14-8(17-13)15-6-7/h5-6,16H,1-4,13H2,(H,14,15,17). The van der Waals surface area contributed by atoms with Crippen molar-refractivity contribution >= 4 is 16.0 Å². The van der Waals surface area contributed by atoms with E-state index in [0.717, 1.165) is 12.4 Å². The first-order valence-electron chi connectivity index (χ1n) is 5.60. The molecule has 1 heterocycles. The van der Waals surface area contributed by atoms with Gasteiger partial charge >= 0.3 is 6.18 Å². The van der Waals surface area contributed by atoms with Crippen molar-refractivity contribution in [3.63, 3.8) is 0 Å². The van der Waals surface area contributed by atoms with Gasteiger partial charge in [-0.2, -0.15) is 13.2 Å². The van der Waals surface area contributed by atoms with E-state index in [4.69, 9.17) is 5.84 Å². The number of alkyl halides is 3. The number of anilines is 1. The van der Waals surface area contributed by atoms with Crippen LogP contribution in [0.1, 0.15) is 19.3 Å². The molecule has 1 rings (SSSR count). The highest BCUT2D eigenvalue weighted by Gasteiger charge is 2.26. The van der Waals surface area contributed by atoms with Crippen LogP contribution in [0.4, 0.5) is 19.1 Å². The molecule has 11 heteroatoms. The summed E-state index contributed by atoms with van der Waals surface area (Å²) in [6, 6.07) is 0.